The molecule has 0 aliphatic carbocycles. The third kappa shape index (κ3) is 7.20. The number of nitrogens with one attached hydrogen (secondary N) is 2. The maximum atomic E-state index is 5.91. The maximum Gasteiger partial charge on any atom is 0.195 e. The van der Waals surface area contributed by atoms with E-state index in [9.17, 15) is 0 Å². The standard InChI is InChI=1S/C21H36N4O3/c1-6-22-21(23-13-18-15-25(10-11-28-18)14-16(3)4)24-17-8-9-19(27-7-2)20(12-17)26-5/h8-9,12,16,18H,6-7,10-11,13-15H2,1-5H3,(H2,22,23,24). The van der Waals surface area contributed by atoms with Gasteiger partial charge in [-0.3, -0.25) is 9.89 Å². The molecule has 1 aliphatic heterocycles. The Bertz CT molecular complexity index is 622. The van der Waals surface area contributed by atoms with Crippen LogP contribution in [0.2, 0.25) is 0 Å². The molecule has 0 radical (unpaired) electrons. The minimum Gasteiger partial charge on any atom is -0.493 e. The Kier molecular flexibility index (Phi) is 9.37. The SMILES string of the molecule is CCNC(=NCC1CN(CC(C)C)CCO1)Nc1ccc(OCC)c(OC)c1. The van der Waals surface area contributed by atoms with Crippen LogP contribution in [0.3, 0.4) is 0 Å². The predicted molar refractivity (Wildman–Crippen MR) is 115 cm³/mol. The van der Waals surface area contributed by atoms with Crippen LogP contribution in [-0.4, -0.2) is 70.0 Å². The summed E-state index contributed by atoms with van der Waals surface area (Å²) in [5, 5.41) is 6.63. The van der Waals surface area contributed by atoms with Crippen molar-refractivity contribution in [2.75, 3.05) is 58.4 Å². The fraction of sp³-hybridized carbons (Fsp3) is 0.667. The number of methoxy groups -OCH3 is 1. The first-order valence-corrected chi connectivity index (χ1v) is 10.3. The third-order valence-electron chi connectivity index (χ3n) is 4.37. The molecule has 0 aromatic heterocycles. The number of ether oxygens (including phenoxy) is 3. The van der Waals surface area contributed by atoms with Crippen molar-refractivity contribution in [2.24, 2.45) is 10.9 Å². The topological polar surface area (TPSA) is 67.4 Å². The van der Waals surface area contributed by atoms with Crippen LogP contribution in [0.25, 0.3) is 0 Å². The van der Waals surface area contributed by atoms with Crippen molar-refractivity contribution in [3.05, 3.63) is 18.2 Å². The van der Waals surface area contributed by atoms with E-state index in [1.54, 1.807) is 7.11 Å². The van der Waals surface area contributed by atoms with E-state index in [0.29, 0.717) is 24.8 Å². The lowest BCUT2D eigenvalue weighted by atomic mass is 10.2. The Labute approximate surface area is 169 Å². The summed E-state index contributed by atoms with van der Waals surface area (Å²) in [5.41, 5.74) is 0.894. The Hall–Kier alpha value is -1.99. The van der Waals surface area contributed by atoms with Gasteiger partial charge in [0, 0.05) is 37.9 Å². The molecule has 1 aromatic carbocycles. The second kappa shape index (κ2) is 11.8. The highest BCUT2D eigenvalue weighted by atomic mass is 16.5. The molecule has 0 amide bonds. The highest BCUT2D eigenvalue weighted by Crippen LogP contribution is 2.30. The minimum absolute atomic E-state index is 0.123. The van der Waals surface area contributed by atoms with Crippen molar-refractivity contribution < 1.29 is 14.2 Å². The average molecular weight is 393 g/mol. The molecule has 2 N–H and O–H groups in total. The van der Waals surface area contributed by atoms with Gasteiger partial charge in [0.1, 0.15) is 0 Å². The lowest BCUT2D eigenvalue weighted by molar-refractivity contribution is -0.0261. The second-order valence-corrected chi connectivity index (χ2v) is 7.29. The largest absolute Gasteiger partial charge is 0.493 e. The van der Waals surface area contributed by atoms with Crippen LogP contribution in [0.1, 0.15) is 27.7 Å². The zero-order chi connectivity index (χ0) is 20.4. The number of morpholine rings is 1. The number of benzene rings is 1. The number of anilines is 1. The molecule has 1 heterocycles. The molecule has 1 aromatic rings. The van der Waals surface area contributed by atoms with Gasteiger partial charge in [-0.05, 0) is 31.9 Å². The van der Waals surface area contributed by atoms with Gasteiger partial charge in [0.05, 0.1) is 33.0 Å². The van der Waals surface area contributed by atoms with Crippen LogP contribution in [0.4, 0.5) is 5.69 Å². The Morgan fingerprint density at radius 1 is 1.32 bits per heavy atom. The molecule has 0 saturated carbocycles. The summed E-state index contributed by atoms with van der Waals surface area (Å²) in [6, 6.07) is 5.78. The molecule has 2 rings (SSSR count). The number of hydrogen-bond donors (Lipinski definition) is 2. The van der Waals surface area contributed by atoms with Crippen molar-refractivity contribution in [3.8, 4) is 11.5 Å². The van der Waals surface area contributed by atoms with Crippen molar-refractivity contribution in [3.63, 3.8) is 0 Å². The van der Waals surface area contributed by atoms with Gasteiger partial charge in [0.25, 0.3) is 0 Å². The van der Waals surface area contributed by atoms with Gasteiger partial charge < -0.3 is 24.8 Å². The summed E-state index contributed by atoms with van der Waals surface area (Å²) in [6.07, 6.45) is 0.123. The van der Waals surface area contributed by atoms with Crippen molar-refractivity contribution in [1.29, 1.82) is 0 Å². The Morgan fingerprint density at radius 3 is 2.82 bits per heavy atom. The van der Waals surface area contributed by atoms with Crippen LogP contribution in [0.15, 0.2) is 23.2 Å². The molecular formula is C21H36N4O3. The van der Waals surface area contributed by atoms with E-state index >= 15 is 0 Å². The molecule has 1 fully saturated rings. The lowest BCUT2D eigenvalue weighted by Crippen LogP contribution is -2.45. The molecule has 0 bridgehead atoms. The molecule has 0 spiro atoms. The number of rotatable bonds is 9. The van der Waals surface area contributed by atoms with E-state index < -0.39 is 0 Å². The van der Waals surface area contributed by atoms with E-state index in [4.69, 9.17) is 19.2 Å². The molecule has 1 saturated heterocycles. The zero-order valence-electron chi connectivity index (χ0n) is 18.0. The molecule has 1 aliphatic rings. The van der Waals surface area contributed by atoms with E-state index in [1.165, 1.54) is 0 Å². The van der Waals surface area contributed by atoms with Gasteiger partial charge >= 0.3 is 0 Å². The number of aliphatic imine (C=N–C) groups is 1. The molecule has 28 heavy (non-hydrogen) atoms. The highest BCUT2D eigenvalue weighted by molar-refractivity contribution is 5.93. The minimum atomic E-state index is 0.123. The first-order valence-electron chi connectivity index (χ1n) is 10.3. The zero-order valence-corrected chi connectivity index (χ0v) is 18.0. The fourth-order valence-electron chi connectivity index (χ4n) is 3.23. The Balaban J connectivity index is 2.00. The summed E-state index contributed by atoms with van der Waals surface area (Å²) < 4.78 is 16.9. The number of hydrogen-bond acceptors (Lipinski definition) is 5. The molecule has 7 heteroatoms. The molecule has 158 valence electrons. The Morgan fingerprint density at radius 2 is 2.14 bits per heavy atom. The molecule has 7 nitrogen and oxygen atoms in total. The predicted octanol–water partition coefficient (Wildman–Crippen LogP) is 2.83. The third-order valence-corrected chi connectivity index (χ3v) is 4.37. The van der Waals surface area contributed by atoms with E-state index in [1.807, 2.05) is 25.1 Å². The van der Waals surface area contributed by atoms with Gasteiger partial charge in [-0.15, -0.1) is 0 Å². The quantitative estimate of drug-likeness (QED) is 0.498. The molecule has 1 unspecified atom stereocenters. The van der Waals surface area contributed by atoms with Crippen LogP contribution < -0.4 is 20.1 Å². The summed E-state index contributed by atoms with van der Waals surface area (Å²) in [4.78, 5) is 7.20. The van der Waals surface area contributed by atoms with Crippen molar-refractivity contribution in [2.45, 2.75) is 33.8 Å². The fourth-order valence-corrected chi connectivity index (χ4v) is 3.23. The van der Waals surface area contributed by atoms with Gasteiger partial charge in [0.2, 0.25) is 0 Å². The number of guanidine groups is 1. The monoisotopic (exact) mass is 392 g/mol. The lowest BCUT2D eigenvalue weighted by Gasteiger charge is -2.33. The summed E-state index contributed by atoms with van der Waals surface area (Å²) in [7, 11) is 1.64. The van der Waals surface area contributed by atoms with Crippen molar-refractivity contribution >= 4 is 11.6 Å². The summed E-state index contributed by atoms with van der Waals surface area (Å²) in [6.45, 7) is 14.3. The van der Waals surface area contributed by atoms with Gasteiger partial charge in [-0.2, -0.15) is 0 Å². The van der Waals surface area contributed by atoms with E-state index in [-0.39, 0.29) is 6.10 Å². The first-order chi connectivity index (χ1) is 13.5. The normalized spacial score (nSPS) is 18.2. The van der Waals surface area contributed by atoms with Gasteiger partial charge in [0.15, 0.2) is 17.5 Å². The smallest absolute Gasteiger partial charge is 0.195 e. The summed E-state index contributed by atoms with van der Waals surface area (Å²) in [5.74, 6) is 2.83. The number of nitrogens with zero attached hydrogens (tertiary/aromatic N) is 2. The van der Waals surface area contributed by atoms with Crippen LogP contribution >= 0.6 is 0 Å². The second-order valence-electron chi connectivity index (χ2n) is 7.29. The van der Waals surface area contributed by atoms with Crippen molar-refractivity contribution in [1.82, 2.24) is 10.2 Å². The highest BCUT2D eigenvalue weighted by Gasteiger charge is 2.20. The molecular weight excluding hydrogens is 356 g/mol. The van der Waals surface area contributed by atoms with Crippen LogP contribution in [0, 0.1) is 5.92 Å². The summed E-state index contributed by atoms with van der Waals surface area (Å²) >= 11 is 0. The maximum absolute atomic E-state index is 5.91. The van der Waals surface area contributed by atoms with Crippen LogP contribution in [0.5, 0.6) is 11.5 Å². The molecule has 1 atom stereocenters. The van der Waals surface area contributed by atoms with E-state index in [2.05, 4.69) is 36.3 Å². The van der Waals surface area contributed by atoms with E-state index in [0.717, 1.165) is 50.2 Å². The van der Waals surface area contributed by atoms with Crippen LogP contribution in [-0.2, 0) is 4.74 Å². The van der Waals surface area contributed by atoms with Gasteiger partial charge in [-0.25, -0.2) is 0 Å². The van der Waals surface area contributed by atoms with Gasteiger partial charge in [-0.1, -0.05) is 13.8 Å². The first kappa shape index (κ1) is 22.3. The average Bonchev–Trinajstić information content (AvgIpc) is 2.67.